The van der Waals surface area contributed by atoms with Gasteiger partial charge in [-0.15, -0.1) is 0 Å². The number of nitrogens with one attached hydrogen (secondary N) is 2. The highest BCUT2D eigenvalue weighted by atomic mass is 35.5. The van der Waals surface area contributed by atoms with E-state index in [-0.39, 0.29) is 10.7 Å². The molecule has 134 valence electrons. The molecule has 0 amide bonds. The number of methoxy groups -OCH3 is 1. The molecule has 0 bridgehead atoms. The Morgan fingerprint density at radius 2 is 1.85 bits per heavy atom. The molecule has 0 radical (unpaired) electrons. The quantitative estimate of drug-likeness (QED) is 0.657. The summed E-state index contributed by atoms with van der Waals surface area (Å²) in [5.41, 5.74) is 1.48. The molecule has 26 heavy (non-hydrogen) atoms. The van der Waals surface area contributed by atoms with Crippen LogP contribution in [0.4, 0.5) is 17.2 Å². The number of ether oxygens (including phenoxy) is 1. The summed E-state index contributed by atoms with van der Waals surface area (Å²) in [6, 6.07) is 16.8. The van der Waals surface area contributed by atoms with E-state index in [2.05, 4.69) is 15.0 Å². The number of anilines is 3. The highest BCUT2D eigenvalue weighted by Gasteiger charge is 2.15. The summed E-state index contributed by atoms with van der Waals surface area (Å²) in [5, 5.41) is 3.52. The second-order valence-electron chi connectivity index (χ2n) is 5.32. The Hall–Kier alpha value is -2.77. The molecule has 6 nitrogen and oxygen atoms in total. The zero-order chi connectivity index (χ0) is 18.6. The molecule has 0 fully saturated rings. The lowest BCUT2D eigenvalue weighted by Gasteiger charge is -2.11. The number of hydrogen-bond donors (Lipinski definition) is 2. The first-order valence-corrected chi connectivity index (χ1v) is 9.48. The zero-order valence-electron chi connectivity index (χ0n) is 13.8. The molecule has 3 aromatic rings. The van der Waals surface area contributed by atoms with Crippen LogP contribution >= 0.6 is 11.6 Å². The summed E-state index contributed by atoms with van der Waals surface area (Å²) in [7, 11) is -2.17. The van der Waals surface area contributed by atoms with Crippen molar-refractivity contribution in [1.82, 2.24) is 4.98 Å². The van der Waals surface area contributed by atoms with E-state index in [1.54, 1.807) is 31.4 Å². The van der Waals surface area contributed by atoms with E-state index >= 15 is 0 Å². The van der Waals surface area contributed by atoms with Crippen molar-refractivity contribution in [2.75, 3.05) is 17.1 Å². The van der Waals surface area contributed by atoms with E-state index < -0.39 is 10.0 Å². The SMILES string of the molecule is COc1ccccc1Nc1ccc(NS(=O)(=O)c2cccc(Cl)c2)nc1. The summed E-state index contributed by atoms with van der Waals surface area (Å²) < 4.78 is 32.4. The predicted octanol–water partition coefficient (Wildman–Crippen LogP) is 4.29. The lowest BCUT2D eigenvalue weighted by Crippen LogP contribution is -2.13. The Labute approximate surface area is 156 Å². The van der Waals surface area contributed by atoms with Crippen molar-refractivity contribution in [3.63, 3.8) is 0 Å². The molecule has 0 unspecified atom stereocenters. The third-order valence-corrected chi connectivity index (χ3v) is 5.08. The lowest BCUT2D eigenvalue weighted by molar-refractivity contribution is 0.417. The maximum absolute atomic E-state index is 12.4. The van der Waals surface area contributed by atoms with Gasteiger partial charge < -0.3 is 10.1 Å². The van der Waals surface area contributed by atoms with Gasteiger partial charge in [-0.05, 0) is 42.5 Å². The molecule has 3 rings (SSSR count). The van der Waals surface area contributed by atoms with Crippen molar-refractivity contribution < 1.29 is 13.2 Å². The van der Waals surface area contributed by atoms with Gasteiger partial charge in [-0.3, -0.25) is 4.72 Å². The van der Waals surface area contributed by atoms with Crippen molar-refractivity contribution in [3.05, 3.63) is 71.9 Å². The number of sulfonamides is 1. The molecular weight excluding hydrogens is 374 g/mol. The number of benzene rings is 2. The summed E-state index contributed by atoms with van der Waals surface area (Å²) in [4.78, 5) is 4.21. The van der Waals surface area contributed by atoms with Gasteiger partial charge in [0.15, 0.2) is 0 Å². The molecule has 0 spiro atoms. The third kappa shape index (κ3) is 4.25. The van der Waals surface area contributed by atoms with Crippen molar-refractivity contribution in [2.24, 2.45) is 0 Å². The average Bonchev–Trinajstić information content (AvgIpc) is 2.63. The predicted molar refractivity (Wildman–Crippen MR) is 103 cm³/mol. The van der Waals surface area contributed by atoms with Gasteiger partial charge >= 0.3 is 0 Å². The fourth-order valence-electron chi connectivity index (χ4n) is 2.26. The first kappa shape index (κ1) is 18.0. The van der Waals surface area contributed by atoms with Crippen LogP contribution in [0.25, 0.3) is 0 Å². The number of halogens is 1. The topological polar surface area (TPSA) is 80.3 Å². The van der Waals surface area contributed by atoms with Gasteiger partial charge in [-0.2, -0.15) is 0 Å². The summed E-state index contributed by atoms with van der Waals surface area (Å²) in [6.07, 6.45) is 1.53. The molecule has 0 aliphatic carbocycles. The van der Waals surface area contributed by atoms with Crippen molar-refractivity contribution in [1.29, 1.82) is 0 Å². The maximum Gasteiger partial charge on any atom is 0.263 e. The van der Waals surface area contributed by atoms with Crippen LogP contribution in [0, 0.1) is 0 Å². The van der Waals surface area contributed by atoms with Gasteiger partial charge in [0, 0.05) is 5.02 Å². The lowest BCUT2D eigenvalue weighted by atomic mass is 10.3. The van der Waals surface area contributed by atoms with Crippen LogP contribution in [0.15, 0.2) is 71.8 Å². The van der Waals surface area contributed by atoms with Gasteiger partial charge in [-0.1, -0.05) is 29.8 Å². The Bertz CT molecular complexity index is 1010. The average molecular weight is 390 g/mol. The molecule has 2 N–H and O–H groups in total. The largest absolute Gasteiger partial charge is 0.495 e. The minimum Gasteiger partial charge on any atom is -0.495 e. The Balaban J connectivity index is 1.75. The van der Waals surface area contributed by atoms with Crippen molar-refractivity contribution in [3.8, 4) is 5.75 Å². The molecule has 0 aliphatic heterocycles. The summed E-state index contributed by atoms with van der Waals surface area (Å²) in [5.74, 6) is 0.897. The van der Waals surface area contributed by atoms with Crippen molar-refractivity contribution >= 4 is 38.8 Å². The van der Waals surface area contributed by atoms with Gasteiger partial charge in [0.2, 0.25) is 0 Å². The van der Waals surface area contributed by atoms with E-state index in [4.69, 9.17) is 16.3 Å². The van der Waals surface area contributed by atoms with Gasteiger partial charge in [-0.25, -0.2) is 13.4 Å². The summed E-state index contributed by atoms with van der Waals surface area (Å²) in [6.45, 7) is 0. The third-order valence-electron chi connectivity index (χ3n) is 3.49. The molecule has 0 saturated heterocycles. The number of pyridine rings is 1. The highest BCUT2D eigenvalue weighted by Crippen LogP contribution is 2.27. The Morgan fingerprint density at radius 1 is 1.04 bits per heavy atom. The monoisotopic (exact) mass is 389 g/mol. The number of nitrogens with zero attached hydrogens (tertiary/aromatic N) is 1. The second-order valence-corrected chi connectivity index (χ2v) is 7.44. The normalized spacial score (nSPS) is 11.0. The van der Waals surface area contributed by atoms with Crippen LogP contribution in [0.1, 0.15) is 0 Å². The molecule has 8 heteroatoms. The second kappa shape index (κ2) is 7.63. The molecule has 0 aliphatic rings. The summed E-state index contributed by atoms with van der Waals surface area (Å²) >= 11 is 5.85. The number of hydrogen-bond acceptors (Lipinski definition) is 5. The van der Waals surface area contributed by atoms with E-state index in [0.717, 1.165) is 5.69 Å². The molecule has 0 saturated carbocycles. The minimum absolute atomic E-state index is 0.0722. The number of aromatic nitrogens is 1. The van der Waals surface area contributed by atoms with Crippen molar-refractivity contribution in [2.45, 2.75) is 4.90 Å². The Kier molecular flexibility index (Phi) is 5.29. The zero-order valence-corrected chi connectivity index (χ0v) is 15.4. The first-order valence-electron chi connectivity index (χ1n) is 7.62. The highest BCUT2D eigenvalue weighted by molar-refractivity contribution is 7.92. The van der Waals surface area contributed by atoms with E-state index in [9.17, 15) is 8.42 Å². The van der Waals surface area contributed by atoms with Crippen LogP contribution in [0.5, 0.6) is 5.75 Å². The fourth-order valence-corrected chi connectivity index (χ4v) is 3.57. The standard InChI is InChI=1S/C18H16ClN3O3S/c1-25-17-8-3-2-7-16(17)21-14-9-10-18(20-12-14)22-26(23,24)15-6-4-5-13(19)11-15/h2-12,21H,1H3,(H,20,22). The van der Waals surface area contributed by atoms with Gasteiger partial charge in [0.1, 0.15) is 11.6 Å². The number of para-hydroxylation sites is 2. The van der Waals surface area contributed by atoms with Crippen LogP contribution in [-0.4, -0.2) is 20.5 Å². The molecular formula is C18H16ClN3O3S. The molecule has 0 atom stereocenters. The molecule has 2 aromatic carbocycles. The number of rotatable bonds is 6. The maximum atomic E-state index is 12.4. The van der Waals surface area contributed by atoms with E-state index in [0.29, 0.717) is 16.5 Å². The molecule has 1 aromatic heterocycles. The first-order chi connectivity index (χ1) is 12.5. The van der Waals surface area contributed by atoms with Crippen LogP contribution in [0.2, 0.25) is 5.02 Å². The van der Waals surface area contributed by atoms with E-state index in [1.165, 1.54) is 18.3 Å². The van der Waals surface area contributed by atoms with Crippen LogP contribution < -0.4 is 14.8 Å². The van der Waals surface area contributed by atoms with Crippen LogP contribution in [-0.2, 0) is 10.0 Å². The molecule has 1 heterocycles. The van der Waals surface area contributed by atoms with Crippen LogP contribution in [0.3, 0.4) is 0 Å². The minimum atomic E-state index is -3.76. The van der Waals surface area contributed by atoms with E-state index in [1.807, 2.05) is 24.3 Å². The smallest absolute Gasteiger partial charge is 0.263 e. The van der Waals surface area contributed by atoms with Gasteiger partial charge in [0.25, 0.3) is 10.0 Å². The fraction of sp³-hybridized carbons (Fsp3) is 0.0556. The van der Waals surface area contributed by atoms with Gasteiger partial charge in [0.05, 0.1) is 29.6 Å². The Morgan fingerprint density at radius 3 is 2.54 bits per heavy atom.